The molecule has 1 atom stereocenters. The van der Waals surface area contributed by atoms with Crippen LogP contribution >= 0.6 is 50.8 Å². The minimum Gasteiger partial charge on any atom is -0.325 e. The van der Waals surface area contributed by atoms with Crippen LogP contribution in [0, 0.1) is 0 Å². The van der Waals surface area contributed by atoms with Crippen LogP contribution in [0.15, 0.2) is 15.9 Å². The van der Waals surface area contributed by atoms with Crippen LogP contribution in [0.2, 0.25) is 0 Å². The summed E-state index contributed by atoms with van der Waals surface area (Å²) >= 11 is 8.79. The Kier molecular flexibility index (Phi) is 5.26. The summed E-state index contributed by atoms with van der Waals surface area (Å²) in [6, 6.07) is 4.18. The normalized spacial score (nSPS) is 20.2. The van der Waals surface area contributed by atoms with Crippen LogP contribution in [-0.2, 0) is 4.79 Å². The Labute approximate surface area is 123 Å². The van der Waals surface area contributed by atoms with E-state index in [0.717, 1.165) is 22.5 Å². The third-order valence-electron chi connectivity index (χ3n) is 2.55. The van der Waals surface area contributed by atoms with Crippen LogP contribution in [0.5, 0.6) is 0 Å². The molecule has 0 radical (unpaired) electrons. The second-order valence-corrected chi connectivity index (χ2v) is 8.29. The van der Waals surface area contributed by atoms with E-state index in [1.54, 1.807) is 23.1 Å². The lowest BCUT2D eigenvalue weighted by atomic mass is 10.3. The first kappa shape index (κ1) is 13.8. The van der Waals surface area contributed by atoms with Crippen molar-refractivity contribution in [2.75, 3.05) is 24.3 Å². The maximum Gasteiger partial charge on any atom is 0.233 e. The van der Waals surface area contributed by atoms with E-state index in [4.69, 9.17) is 0 Å². The molecule has 1 amide bonds. The highest BCUT2D eigenvalue weighted by Crippen LogP contribution is 2.42. The Bertz CT molecular complexity index is 396. The summed E-state index contributed by atoms with van der Waals surface area (Å²) in [7, 11) is 0. The van der Waals surface area contributed by atoms with Gasteiger partial charge in [0, 0.05) is 11.4 Å². The summed E-state index contributed by atoms with van der Waals surface area (Å²) in [4.78, 5) is 15.2. The van der Waals surface area contributed by atoms with Crippen LogP contribution in [0.3, 0.4) is 0 Å². The average molecular weight is 352 g/mol. The van der Waals surface area contributed by atoms with Crippen molar-refractivity contribution in [1.82, 2.24) is 4.90 Å². The van der Waals surface area contributed by atoms with Crippen molar-refractivity contribution in [3.8, 4) is 0 Å². The fourth-order valence-corrected chi connectivity index (χ4v) is 5.07. The quantitative estimate of drug-likeness (QED) is 0.751. The molecule has 0 aromatic carbocycles. The van der Waals surface area contributed by atoms with Gasteiger partial charge in [-0.15, -0.1) is 23.1 Å². The van der Waals surface area contributed by atoms with Gasteiger partial charge in [0.05, 0.1) is 9.54 Å². The summed E-state index contributed by atoms with van der Waals surface area (Å²) < 4.78 is 1.14. The first-order valence-corrected chi connectivity index (χ1v) is 9.43. The standard InChI is InChI=1S/C11H14BrNOS3/c1-15-6-2-5-13-10(14)7-16-11(13)8-3-4-9(12)17-8/h3-4,11H,2,5-7H2,1H3. The Hall–Kier alpha value is 0.350. The number of carbonyl (C=O) groups excluding carboxylic acids is 1. The average Bonchev–Trinajstić information content (AvgIpc) is 2.87. The Balaban J connectivity index is 2.03. The number of halogens is 1. The van der Waals surface area contributed by atoms with Crippen molar-refractivity contribution in [2.45, 2.75) is 11.8 Å². The van der Waals surface area contributed by atoms with E-state index < -0.39 is 0 Å². The number of rotatable bonds is 5. The summed E-state index contributed by atoms with van der Waals surface area (Å²) in [5, 5.41) is 0.237. The molecule has 1 aromatic rings. The van der Waals surface area contributed by atoms with Crippen LogP contribution in [0.4, 0.5) is 0 Å². The fraction of sp³-hybridized carbons (Fsp3) is 0.545. The van der Waals surface area contributed by atoms with Gasteiger partial charge >= 0.3 is 0 Å². The number of nitrogens with zero attached hydrogens (tertiary/aromatic N) is 1. The Morgan fingerprint density at radius 1 is 1.59 bits per heavy atom. The number of hydrogen-bond acceptors (Lipinski definition) is 4. The van der Waals surface area contributed by atoms with Crippen molar-refractivity contribution in [1.29, 1.82) is 0 Å². The van der Waals surface area contributed by atoms with E-state index in [0.29, 0.717) is 5.75 Å². The molecule has 1 aliphatic rings. The van der Waals surface area contributed by atoms with Crippen LogP contribution in [0.25, 0.3) is 0 Å². The molecule has 2 heterocycles. The number of amides is 1. The molecule has 1 unspecified atom stereocenters. The molecular formula is C11H14BrNOS3. The Morgan fingerprint density at radius 3 is 3.06 bits per heavy atom. The van der Waals surface area contributed by atoms with Gasteiger partial charge in [-0.2, -0.15) is 11.8 Å². The van der Waals surface area contributed by atoms with Gasteiger partial charge in [0.2, 0.25) is 5.91 Å². The van der Waals surface area contributed by atoms with Gasteiger partial charge in [-0.1, -0.05) is 0 Å². The third kappa shape index (κ3) is 3.43. The number of thioether (sulfide) groups is 2. The monoisotopic (exact) mass is 351 g/mol. The van der Waals surface area contributed by atoms with Crippen molar-refractivity contribution in [3.05, 3.63) is 20.8 Å². The third-order valence-corrected chi connectivity index (χ3v) is 6.31. The van der Waals surface area contributed by atoms with Gasteiger partial charge < -0.3 is 4.90 Å². The number of hydrogen-bond donors (Lipinski definition) is 0. The summed E-state index contributed by atoms with van der Waals surface area (Å²) in [5.41, 5.74) is 0. The first-order chi connectivity index (χ1) is 8.22. The lowest BCUT2D eigenvalue weighted by Crippen LogP contribution is -2.29. The molecule has 1 fully saturated rings. The van der Waals surface area contributed by atoms with Crippen LogP contribution in [0.1, 0.15) is 16.7 Å². The zero-order chi connectivity index (χ0) is 12.3. The number of thiophene rings is 1. The molecular weight excluding hydrogens is 338 g/mol. The predicted molar refractivity (Wildman–Crippen MR) is 81.9 cm³/mol. The lowest BCUT2D eigenvalue weighted by Gasteiger charge is -2.22. The van der Waals surface area contributed by atoms with Crippen LogP contribution < -0.4 is 0 Å². The van der Waals surface area contributed by atoms with Gasteiger partial charge in [-0.25, -0.2) is 0 Å². The first-order valence-electron chi connectivity index (χ1n) is 5.37. The van der Waals surface area contributed by atoms with Gasteiger partial charge in [0.25, 0.3) is 0 Å². The highest BCUT2D eigenvalue weighted by atomic mass is 79.9. The fourth-order valence-electron chi connectivity index (χ4n) is 1.77. The second-order valence-electron chi connectivity index (χ2n) is 3.74. The zero-order valence-electron chi connectivity index (χ0n) is 9.52. The molecule has 0 bridgehead atoms. The SMILES string of the molecule is CSCCCN1C(=O)CSC1c1ccc(Br)s1. The topological polar surface area (TPSA) is 20.3 Å². The summed E-state index contributed by atoms with van der Waals surface area (Å²) in [6.45, 7) is 0.882. The smallest absolute Gasteiger partial charge is 0.233 e. The largest absolute Gasteiger partial charge is 0.325 e. The molecule has 1 saturated heterocycles. The van der Waals surface area contributed by atoms with E-state index in [2.05, 4.69) is 34.3 Å². The molecule has 0 saturated carbocycles. The van der Waals surface area contributed by atoms with Gasteiger partial charge in [0.15, 0.2) is 0 Å². The zero-order valence-corrected chi connectivity index (χ0v) is 13.6. The van der Waals surface area contributed by atoms with Crippen molar-refractivity contribution >= 4 is 56.7 Å². The predicted octanol–water partition coefficient (Wildman–Crippen LogP) is 3.84. The minimum atomic E-state index is 0.237. The maximum atomic E-state index is 11.9. The van der Waals surface area contributed by atoms with Gasteiger partial charge in [-0.3, -0.25) is 4.79 Å². The second kappa shape index (κ2) is 6.50. The van der Waals surface area contributed by atoms with Crippen molar-refractivity contribution < 1.29 is 4.79 Å². The molecule has 1 aromatic heterocycles. The molecule has 1 aliphatic heterocycles. The molecule has 6 heteroatoms. The van der Waals surface area contributed by atoms with E-state index in [1.165, 1.54) is 4.88 Å². The maximum absolute atomic E-state index is 11.9. The Morgan fingerprint density at radius 2 is 2.41 bits per heavy atom. The minimum absolute atomic E-state index is 0.237. The van der Waals surface area contributed by atoms with Crippen molar-refractivity contribution in [3.63, 3.8) is 0 Å². The van der Waals surface area contributed by atoms with Gasteiger partial charge in [0.1, 0.15) is 5.37 Å². The van der Waals surface area contributed by atoms with E-state index in [1.807, 2.05) is 16.7 Å². The molecule has 0 aliphatic carbocycles. The summed E-state index contributed by atoms with van der Waals surface area (Å²) in [6.07, 6.45) is 3.19. The molecule has 94 valence electrons. The molecule has 0 N–H and O–H groups in total. The van der Waals surface area contributed by atoms with Crippen molar-refractivity contribution in [2.24, 2.45) is 0 Å². The van der Waals surface area contributed by atoms with Gasteiger partial charge in [-0.05, 0) is 46.5 Å². The number of carbonyl (C=O) groups is 1. The highest BCUT2D eigenvalue weighted by molar-refractivity contribution is 9.11. The molecule has 2 nitrogen and oxygen atoms in total. The van der Waals surface area contributed by atoms with Crippen LogP contribution in [-0.4, -0.2) is 35.1 Å². The highest BCUT2D eigenvalue weighted by Gasteiger charge is 2.33. The van der Waals surface area contributed by atoms with E-state index >= 15 is 0 Å². The molecule has 0 spiro atoms. The summed E-state index contributed by atoms with van der Waals surface area (Å²) in [5.74, 6) is 2.03. The lowest BCUT2D eigenvalue weighted by molar-refractivity contribution is -0.128. The van der Waals surface area contributed by atoms with E-state index in [9.17, 15) is 4.79 Å². The molecule has 2 rings (SSSR count). The van der Waals surface area contributed by atoms with E-state index in [-0.39, 0.29) is 11.3 Å². The molecule has 17 heavy (non-hydrogen) atoms.